The van der Waals surface area contributed by atoms with Crippen LogP contribution in [0, 0.1) is 0 Å². The highest BCUT2D eigenvalue weighted by Gasteiger charge is 2.59. The number of amides is 1. The molecule has 0 spiro atoms. The minimum Gasteiger partial charge on any atom is -0.486 e. The fraction of sp³-hybridized carbons (Fsp3) is 0.650. The maximum absolute atomic E-state index is 12.7. The molecule has 0 aromatic heterocycles. The van der Waals surface area contributed by atoms with Gasteiger partial charge in [0.2, 0.25) is 11.6 Å². The zero-order valence-corrected chi connectivity index (χ0v) is 17.6. The predicted octanol–water partition coefficient (Wildman–Crippen LogP) is 1.25. The highest BCUT2D eigenvalue weighted by atomic mass is 16.8. The molecule has 0 unspecified atom stereocenters. The lowest BCUT2D eigenvalue weighted by Crippen LogP contribution is -2.68. The van der Waals surface area contributed by atoms with Gasteiger partial charge in [0.1, 0.15) is 25.4 Å². The predicted molar refractivity (Wildman–Crippen MR) is 105 cm³/mol. The number of benzene rings is 1. The molecule has 2 saturated heterocycles. The summed E-state index contributed by atoms with van der Waals surface area (Å²) in [5, 5.41) is 0. The first-order chi connectivity index (χ1) is 14.3. The van der Waals surface area contributed by atoms with Gasteiger partial charge in [0.15, 0.2) is 17.6 Å². The van der Waals surface area contributed by atoms with E-state index in [1.54, 1.807) is 32.0 Å². The van der Waals surface area contributed by atoms with Crippen molar-refractivity contribution in [2.75, 3.05) is 45.4 Å². The van der Waals surface area contributed by atoms with Crippen LogP contribution in [0.15, 0.2) is 18.2 Å². The zero-order chi connectivity index (χ0) is 21.5. The lowest BCUT2D eigenvalue weighted by atomic mass is 10.00. The molecule has 5 atom stereocenters. The maximum atomic E-state index is 12.7. The number of methoxy groups -OCH3 is 2. The van der Waals surface area contributed by atoms with E-state index >= 15 is 0 Å². The fourth-order valence-electron chi connectivity index (χ4n) is 3.94. The fourth-order valence-corrected chi connectivity index (χ4v) is 3.94. The molecule has 2 fully saturated rings. The molecule has 1 aromatic carbocycles. The minimum atomic E-state index is -1.23. The molecule has 1 amide bonds. The van der Waals surface area contributed by atoms with Gasteiger partial charge in [0.05, 0.1) is 12.2 Å². The van der Waals surface area contributed by atoms with Crippen molar-refractivity contribution >= 4 is 11.8 Å². The van der Waals surface area contributed by atoms with Crippen molar-refractivity contribution in [3.8, 4) is 11.5 Å². The summed E-state index contributed by atoms with van der Waals surface area (Å²) in [5.41, 5.74) is 6.58. The molecule has 0 aliphatic carbocycles. The molecular formula is C20H28N2O8. The van der Waals surface area contributed by atoms with Crippen LogP contribution < -0.4 is 20.1 Å². The van der Waals surface area contributed by atoms with E-state index in [1.807, 2.05) is 0 Å². The van der Waals surface area contributed by atoms with E-state index in [4.69, 9.17) is 38.9 Å². The molecule has 10 heteroatoms. The molecule has 3 heterocycles. The Morgan fingerprint density at radius 1 is 1.10 bits per heavy atom. The number of nitrogens with zero attached hydrogens (tertiary/aromatic N) is 1. The number of anilines is 1. The first kappa shape index (κ1) is 21.1. The van der Waals surface area contributed by atoms with Crippen LogP contribution in [0.3, 0.4) is 0 Å². The quantitative estimate of drug-likeness (QED) is 0.746. The molecule has 3 aliphatic heterocycles. The summed E-state index contributed by atoms with van der Waals surface area (Å²) in [4.78, 5) is 14.2. The Morgan fingerprint density at radius 2 is 1.77 bits per heavy atom. The van der Waals surface area contributed by atoms with Crippen molar-refractivity contribution < 1.29 is 38.0 Å². The number of cyclic esters (lactones) is 1. The van der Waals surface area contributed by atoms with Gasteiger partial charge in [-0.2, -0.15) is 0 Å². The summed E-state index contributed by atoms with van der Waals surface area (Å²) in [6, 6.07) is 5.33. The minimum absolute atomic E-state index is 0.154. The molecule has 0 radical (unpaired) electrons. The van der Waals surface area contributed by atoms with Crippen molar-refractivity contribution in [3.63, 3.8) is 0 Å². The van der Waals surface area contributed by atoms with E-state index in [1.165, 1.54) is 19.1 Å². The topological polar surface area (TPSA) is 111 Å². The third-order valence-electron chi connectivity index (χ3n) is 5.98. The third kappa shape index (κ3) is 3.38. The molecule has 0 bridgehead atoms. The van der Waals surface area contributed by atoms with Crippen molar-refractivity contribution in [2.45, 2.75) is 43.7 Å². The van der Waals surface area contributed by atoms with Gasteiger partial charge in [-0.05, 0) is 26.0 Å². The van der Waals surface area contributed by atoms with E-state index in [-0.39, 0.29) is 13.1 Å². The van der Waals surface area contributed by atoms with E-state index in [2.05, 4.69) is 0 Å². The van der Waals surface area contributed by atoms with Gasteiger partial charge in [0, 0.05) is 26.8 Å². The zero-order valence-electron chi connectivity index (χ0n) is 17.6. The van der Waals surface area contributed by atoms with Crippen LogP contribution >= 0.6 is 0 Å². The van der Waals surface area contributed by atoms with Gasteiger partial charge in [-0.1, -0.05) is 0 Å². The van der Waals surface area contributed by atoms with Gasteiger partial charge in [0.25, 0.3) is 0 Å². The molecule has 3 aliphatic rings. The van der Waals surface area contributed by atoms with Crippen LogP contribution in [0.2, 0.25) is 0 Å². The summed E-state index contributed by atoms with van der Waals surface area (Å²) in [5.74, 6) is -1.17. The summed E-state index contributed by atoms with van der Waals surface area (Å²) in [6.07, 6.45) is -2.31. The first-order valence-corrected chi connectivity index (χ1v) is 9.88. The van der Waals surface area contributed by atoms with Crippen molar-refractivity contribution in [1.82, 2.24) is 0 Å². The van der Waals surface area contributed by atoms with Gasteiger partial charge < -0.3 is 38.9 Å². The lowest BCUT2D eigenvalue weighted by Gasteiger charge is -2.52. The molecule has 10 nitrogen and oxygen atoms in total. The SMILES string of the molecule is CO[C@@]1(C)O[C@H]([C@@H]2CN(c3ccc4c(c3)OCCO4)C(=O)O2)[C@@H](CN)O[C@]1(C)OC. The molecule has 1 aromatic rings. The van der Waals surface area contributed by atoms with Crippen LogP contribution in [0.4, 0.5) is 10.5 Å². The summed E-state index contributed by atoms with van der Waals surface area (Å²) in [6.45, 7) is 4.80. The summed E-state index contributed by atoms with van der Waals surface area (Å²) >= 11 is 0. The number of rotatable bonds is 5. The van der Waals surface area contributed by atoms with E-state index in [9.17, 15) is 4.79 Å². The lowest BCUT2D eigenvalue weighted by molar-refractivity contribution is -0.451. The Labute approximate surface area is 175 Å². The van der Waals surface area contributed by atoms with Crippen molar-refractivity contribution in [2.24, 2.45) is 5.73 Å². The van der Waals surface area contributed by atoms with Gasteiger partial charge >= 0.3 is 6.09 Å². The number of nitrogens with two attached hydrogens (primary N) is 1. The van der Waals surface area contributed by atoms with Gasteiger partial charge in [-0.3, -0.25) is 4.90 Å². The highest BCUT2D eigenvalue weighted by molar-refractivity contribution is 5.90. The second-order valence-electron chi connectivity index (χ2n) is 7.63. The maximum Gasteiger partial charge on any atom is 0.414 e. The average molecular weight is 424 g/mol. The van der Waals surface area contributed by atoms with Crippen molar-refractivity contribution in [1.29, 1.82) is 0 Å². The largest absolute Gasteiger partial charge is 0.486 e. The molecule has 30 heavy (non-hydrogen) atoms. The average Bonchev–Trinajstić information content (AvgIpc) is 3.16. The number of fused-ring (bicyclic) bond motifs is 1. The van der Waals surface area contributed by atoms with E-state index in [0.29, 0.717) is 30.4 Å². The molecule has 2 N–H and O–H groups in total. The molecule has 166 valence electrons. The monoisotopic (exact) mass is 424 g/mol. The van der Waals surface area contributed by atoms with E-state index in [0.717, 1.165) is 0 Å². The Kier molecular flexibility index (Phi) is 5.54. The van der Waals surface area contributed by atoms with Gasteiger partial charge in [-0.15, -0.1) is 0 Å². The van der Waals surface area contributed by atoms with Crippen LogP contribution in [0.1, 0.15) is 13.8 Å². The Hall–Kier alpha value is -2.11. The van der Waals surface area contributed by atoms with Crippen LogP contribution in [0.25, 0.3) is 0 Å². The first-order valence-electron chi connectivity index (χ1n) is 9.88. The highest BCUT2D eigenvalue weighted by Crippen LogP contribution is 2.42. The number of hydrogen-bond acceptors (Lipinski definition) is 9. The number of ether oxygens (including phenoxy) is 7. The Morgan fingerprint density at radius 3 is 2.43 bits per heavy atom. The molecule has 4 rings (SSSR count). The smallest absolute Gasteiger partial charge is 0.414 e. The normalized spacial score (nSPS) is 36.0. The third-order valence-corrected chi connectivity index (χ3v) is 5.98. The van der Waals surface area contributed by atoms with E-state index < -0.39 is 36.0 Å². The Balaban J connectivity index is 1.56. The van der Waals surface area contributed by atoms with Crippen LogP contribution in [-0.4, -0.2) is 76.5 Å². The van der Waals surface area contributed by atoms with Crippen molar-refractivity contribution in [3.05, 3.63) is 18.2 Å². The van der Waals surface area contributed by atoms with Crippen LogP contribution in [-0.2, 0) is 23.7 Å². The Bertz CT molecular complexity index is 807. The molecule has 0 saturated carbocycles. The second kappa shape index (κ2) is 7.86. The number of carbonyl (C=O) groups is 1. The number of carbonyl (C=O) groups excluding carboxylic acids is 1. The standard InChI is InChI=1S/C20H28N2O8/c1-19(24-3)20(2,25-4)30-17(15(10-21)29-19)16-11-22(18(23)28-16)12-5-6-13-14(9-12)27-8-7-26-13/h5-6,9,15-17H,7-8,10-11,21H2,1-4H3/t15-,16+,17+,19+,20+/m1/s1. The number of hydrogen-bond donors (Lipinski definition) is 1. The molecular weight excluding hydrogens is 396 g/mol. The second-order valence-corrected chi connectivity index (χ2v) is 7.63. The summed E-state index contributed by atoms with van der Waals surface area (Å²) < 4.78 is 40.2. The van der Waals surface area contributed by atoms with Gasteiger partial charge in [-0.25, -0.2) is 4.79 Å². The van der Waals surface area contributed by atoms with Crippen LogP contribution in [0.5, 0.6) is 11.5 Å². The summed E-state index contributed by atoms with van der Waals surface area (Å²) in [7, 11) is 3.01.